The molecule has 8 nitrogen and oxygen atoms in total. The van der Waals surface area contributed by atoms with Crippen molar-refractivity contribution >= 4 is 13.4 Å². The van der Waals surface area contributed by atoms with E-state index in [2.05, 4.69) is 0 Å². The molecule has 0 saturated carbocycles. The number of benzene rings is 3. The molecule has 33 heavy (non-hydrogen) atoms. The molecule has 1 unspecified atom stereocenters. The zero-order valence-corrected chi connectivity index (χ0v) is 19.1. The third-order valence-electron chi connectivity index (χ3n) is 5.70. The second-order valence-corrected chi connectivity index (χ2v) is 10.4. The first-order valence-electron chi connectivity index (χ1n) is 10.8. The van der Waals surface area contributed by atoms with Crippen LogP contribution in [-0.4, -0.2) is 40.4 Å². The molecule has 0 aliphatic carbocycles. The molecule has 170 valence electrons. The van der Waals surface area contributed by atoms with Crippen molar-refractivity contribution in [2.75, 3.05) is 26.2 Å². The molecule has 0 aromatic heterocycles. The van der Waals surface area contributed by atoms with Gasteiger partial charge in [0, 0.05) is 32.2 Å². The van der Waals surface area contributed by atoms with Crippen molar-refractivity contribution in [1.29, 1.82) is 0 Å². The molecule has 0 spiro atoms. The van der Waals surface area contributed by atoms with Crippen LogP contribution in [0.5, 0.6) is 11.5 Å². The Labute approximate surface area is 192 Å². The lowest BCUT2D eigenvalue weighted by molar-refractivity contribution is -0.385. The number of nitro groups is 1. The van der Waals surface area contributed by atoms with Gasteiger partial charge in [-0.3, -0.25) is 19.2 Å². The summed E-state index contributed by atoms with van der Waals surface area (Å²) < 4.78 is 28.9. The Balaban J connectivity index is 1.38. The minimum Gasteiger partial charge on any atom is -0.450 e. The standard InChI is InChI=1S/C24H24N3O5P/c1-18(32-33(30,25-13-14-25)26-15-16-26)21-9-12-23(27(28)29)24(17-21)31-22-10-7-20(8-11-22)19-5-3-2-4-6-19/h2-12,17-18H,13-16H2,1H3. The van der Waals surface area contributed by atoms with Gasteiger partial charge in [-0.05, 0) is 47.9 Å². The molecule has 2 heterocycles. The first-order valence-corrected chi connectivity index (χ1v) is 12.4. The van der Waals surface area contributed by atoms with Crippen LogP contribution in [0.4, 0.5) is 5.69 Å². The maximum absolute atomic E-state index is 13.3. The summed E-state index contributed by atoms with van der Waals surface area (Å²) in [5, 5.41) is 11.6. The van der Waals surface area contributed by atoms with Crippen LogP contribution >= 0.6 is 7.67 Å². The van der Waals surface area contributed by atoms with Crippen molar-refractivity contribution in [2.45, 2.75) is 13.0 Å². The predicted molar refractivity (Wildman–Crippen MR) is 125 cm³/mol. The summed E-state index contributed by atoms with van der Waals surface area (Å²) in [5.41, 5.74) is 2.62. The fraction of sp³-hybridized carbons (Fsp3) is 0.250. The van der Waals surface area contributed by atoms with Gasteiger partial charge in [-0.1, -0.05) is 42.5 Å². The van der Waals surface area contributed by atoms with Crippen molar-refractivity contribution < 1.29 is 18.7 Å². The van der Waals surface area contributed by atoms with E-state index in [1.807, 2.05) is 51.8 Å². The average Bonchev–Trinajstić information content (AvgIpc) is 3.72. The van der Waals surface area contributed by atoms with Gasteiger partial charge in [-0.15, -0.1) is 0 Å². The van der Waals surface area contributed by atoms with Crippen LogP contribution in [0.25, 0.3) is 11.1 Å². The molecule has 2 aliphatic heterocycles. The van der Waals surface area contributed by atoms with Gasteiger partial charge in [-0.25, -0.2) is 9.34 Å². The van der Waals surface area contributed by atoms with Crippen LogP contribution in [-0.2, 0) is 9.09 Å². The quantitative estimate of drug-likeness (QED) is 0.169. The van der Waals surface area contributed by atoms with Crippen molar-refractivity contribution in [3.63, 3.8) is 0 Å². The topological polar surface area (TPSA) is 84.7 Å². The summed E-state index contributed by atoms with van der Waals surface area (Å²) in [6.07, 6.45) is -0.513. The number of nitrogens with zero attached hydrogens (tertiary/aromatic N) is 3. The van der Waals surface area contributed by atoms with E-state index in [1.165, 1.54) is 6.07 Å². The molecule has 2 saturated heterocycles. The highest BCUT2D eigenvalue weighted by Crippen LogP contribution is 2.63. The summed E-state index contributed by atoms with van der Waals surface area (Å²) in [6.45, 7) is 4.84. The highest BCUT2D eigenvalue weighted by Gasteiger charge is 2.50. The van der Waals surface area contributed by atoms with Gasteiger partial charge in [-0.2, -0.15) is 0 Å². The van der Waals surface area contributed by atoms with Gasteiger partial charge in [0.2, 0.25) is 5.75 Å². The molecule has 2 fully saturated rings. The van der Waals surface area contributed by atoms with Crippen molar-refractivity contribution in [3.8, 4) is 22.6 Å². The van der Waals surface area contributed by atoms with Crippen LogP contribution in [0, 0.1) is 10.1 Å². The van der Waals surface area contributed by atoms with Gasteiger partial charge < -0.3 is 4.74 Å². The largest absolute Gasteiger partial charge is 0.450 e. The number of nitro benzene ring substituents is 1. The van der Waals surface area contributed by atoms with Crippen LogP contribution in [0.3, 0.4) is 0 Å². The summed E-state index contributed by atoms with van der Waals surface area (Å²) in [4.78, 5) is 11.1. The highest BCUT2D eigenvalue weighted by atomic mass is 31.2. The Morgan fingerprint density at radius 1 is 0.909 bits per heavy atom. The van der Waals surface area contributed by atoms with E-state index < -0.39 is 18.7 Å². The molecule has 3 aromatic carbocycles. The summed E-state index contributed by atoms with van der Waals surface area (Å²) in [7, 11) is -3.02. The van der Waals surface area contributed by atoms with Gasteiger partial charge in [0.25, 0.3) is 0 Å². The fourth-order valence-electron chi connectivity index (χ4n) is 3.66. The lowest BCUT2D eigenvalue weighted by Crippen LogP contribution is -2.10. The second-order valence-electron chi connectivity index (χ2n) is 8.12. The van der Waals surface area contributed by atoms with Gasteiger partial charge >= 0.3 is 13.4 Å². The van der Waals surface area contributed by atoms with E-state index in [4.69, 9.17) is 9.26 Å². The molecule has 2 aliphatic rings. The number of ether oxygens (including phenoxy) is 1. The van der Waals surface area contributed by atoms with E-state index in [1.54, 1.807) is 31.2 Å². The minimum atomic E-state index is -3.02. The molecule has 5 rings (SSSR count). The molecular weight excluding hydrogens is 441 g/mol. The minimum absolute atomic E-state index is 0.119. The molecule has 0 amide bonds. The van der Waals surface area contributed by atoms with E-state index in [-0.39, 0.29) is 11.4 Å². The number of hydrogen-bond donors (Lipinski definition) is 0. The predicted octanol–water partition coefficient (Wildman–Crippen LogP) is 5.87. The highest BCUT2D eigenvalue weighted by molar-refractivity contribution is 7.54. The normalized spacial score (nSPS) is 16.9. The van der Waals surface area contributed by atoms with Crippen LogP contribution < -0.4 is 4.74 Å². The van der Waals surface area contributed by atoms with E-state index in [0.717, 1.165) is 37.3 Å². The first-order chi connectivity index (χ1) is 15.9. The molecular formula is C24H24N3O5P. The Bertz CT molecular complexity index is 1190. The van der Waals surface area contributed by atoms with Crippen molar-refractivity contribution in [1.82, 2.24) is 9.34 Å². The van der Waals surface area contributed by atoms with E-state index in [9.17, 15) is 14.7 Å². The first kappa shape index (κ1) is 21.8. The maximum atomic E-state index is 13.3. The van der Waals surface area contributed by atoms with Crippen LogP contribution in [0.2, 0.25) is 0 Å². The molecule has 3 aromatic rings. The lowest BCUT2D eigenvalue weighted by Gasteiger charge is -2.24. The van der Waals surface area contributed by atoms with Crippen LogP contribution in [0.1, 0.15) is 18.6 Å². The molecule has 0 N–H and O–H groups in total. The Morgan fingerprint density at radius 2 is 1.52 bits per heavy atom. The number of rotatable bonds is 9. The third-order valence-corrected chi connectivity index (χ3v) is 8.52. The number of hydrogen-bond acceptors (Lipinski definition) is 5. The summed E-state index contributed by atoms with van der Waals surface area (Å²) in [5.74, 6) is 0.607. The van der Waals surface area contributed by atoms with Gasteiger partial charge in [0.05, 0.1) is 11.0 Å². The SMILES string of the molecule is CC(OP(=O)(N1CC1)N1CC1)c1ccc([N+](=O)[O-])c(Oc2ccc(-c3ccccc3)cc2)c1. The van der Waals surface area contributed by atoms with Crippen molar-refractivity contribution in [3.05, 3.63) is 88.5 Å². The molecule has 9 heteroatoms. The Morgan fingerprint density at radius 3 is 2.09 bits per heavy atom. The molecule has 0 bridgehead atoms. The Hall–Kier alpha value is -3.03. The molecule has 1 atom stereocenters. The third kappa shape index (κ3) is 4.70. The fourth-order valence-corrected chi connectivity index (χ4v) is 6.01. The maximum Gasteiger partial charge on any atom is 0.346 e. The van der Waals surface area contributed by atoms with E-state index in [0.29, 0.717) is 11.3 Å². The lowest BCUT2D eigenvalue weighted by atomic mass is 10.1. The summed E-state index contributed by atoms with van der Waals surface area (Å²) in [6, 6.07) is 22.0. The van der Waals surface area contributed by atoms with E-state index >= 15 is 0 Å². The monoisotopic (exact) mass is 465 g/mol. The molecule has 0 radical (unpaired) electrons. The summed E-state index contributed by atoms with van der Waals surface area (Å²) >= 11 is 0. The van der Waals surface area contributed by atoms with Gasteiger partial charge in [0.1, 0.15) is 5.75 Å². The smallest absolute Gasteiger partial charge is 0.346 e. The Kier molecular flexibility index (Phi) is 5.76. The average molecular weight is 465 g/mol. The zero-order valence-electron chi connectivity index (χ0n) is 18.2. The second kappa shape index (κ2) is 8.72. The zero-order chi connectivity index (χ0) is 23.0. The van der Waals surface area contributed by atoms with Crippen molar-refractivity contribution in [2.24, 2.45) is 0 Å². The van der Waals surface area contributed by atoms with Gasteiger partial charge in [0.15, 0.2) is 0 Å². The van der Waals surface area contributed by atoms with Crippen LogP contribution in [0.15, 0.2) is 72.8 Å².